The van der Waals surface area contributed by atoms with Gasteiger partial charge in [-0.1, -0.05) is 0 Å². The van der Waals surface area contributed by atoms with Gasteiger partial charge in [0.15, 0.2) is 5.78 Å². The van der Waals surface area contributed by atoms with Gasteiger partial charge in [-0.2, -0.15) is 5.26 Å². The lowest BCUT2D eigenvalue weighted by Gasteiger charge is -2.05. The van der Waals surface area contributed by atoms with E-state index in [9.17, 15) is 9.18 Å². The van der Waals surface area contributed by atoms with Crippen molar-refractivity contribution >= 4 is 5.78 Å². The average molecular weight is 242 g/mol. The Bertz CT molecular complexity index is 637. The largest absolute Gasteiger partial charge is 0.349 e. The van der Waals surface area contributed by atoms with Gasteiger partial charge in [0.05, 0.1) is 11.6 Å². The highest BCUT2D eigenvalue weighted by Gasteiger charge is 2.06. The average Bonchev–Trinajstić information content (AvgIpc) is 2.78. The minimum atomic E-state index is -0.372. The number of hydrogen-bond acceptors (Lipinski definition) is 2. The molecule has 0 atom stereocenters. The van der Waals surface area contributed by atoms with E-state index in [4.69, 9.17) is 5.26 Å². The summed E-state index contributed by atoms with van der Waals surface area (Å²) in [4.78, 5) is 11.2. The molecule has 1 aromatic carbocycles. The Morgan fingerprint density at radius 3 is 2.83 bits per heavy atom. The molecule has 0 saturated carbocycles. The van der Waals surface area contributed by atoms with Gasteiger partial charge in [-0.15, -0.1) is 0 Å². The fourth-order valence-electron chi connectivity index (χ4n) is 1.75. The minimum Gasteiger partial charge on any atom is -0.349 e. The Labute approximate surface area is 104 Å². The van der Waals surface area contributed by atoms with Crippen molar-refractivity contribution in [3.05, 3.63) is 59.2 Å². The van der Waals surface area contributed by atoms with E-state index in [1.165, 1.54) is 25.1 Å². The Morgan fingerprint density at radius 1 is 1.44 bits per heavy atom. The quantitative estimate of drug-likeness (QED) is 0.777. The molecule has 3 nitrogen and oxygen atoms in total. The summed E-state index contributed by atoms with van der Waals surface area (Å²) in [7, 11) is 0. The van der Waals surface area contributed by atoms with E-state index in [1.807, 2.05) is 6.07 Å². The van der Waals surface area contributed by atoms with Crippen LogP contribution in [0.2, 0.25) is 0 Å². The van der Waals surface area contributed by atoms with Crippen LogP contribution in [0.25, 0.3) is 0 Å². The lowest BCUT2D eigenvalue weighted by molar-refractivity contribution is 0.101. The third kappa shape index (κ3) is 2.46. The van der Waals surface area contributed by atoms with Crippen molar-refractivity contribution in [3.63, 3.8) is 0 Å². The first-order valence-corrected chi connectivity index (χ1v) is 5.45. The molecule has 0 aliphatic rings. The van der Waals surface area contributed by atoms with Crippen molar-refractivity contribution in [1.82, 2.24) is 4.57 Å². The first-order valence-electron chi connectivity index (χ1n) is 5.45. The van der Waals surface area contributed by atoms with E-state index in [0.717, 1.165) is 0 Å². The van der Waals surface area contributed by atoms with Crippen LogP contribution in [0.1, 0.15) is 28.4 Å². The third-order valence-corrected chi connectivity index (χ3v) is 2.70. The molecule has 0 bridgehead atoms. The van der Waals surface area contributed by atoms with E-state index in [1.54, 1.807) is 23.0 Å². The highest BCUT2D eigenvalue weighted by Crippen LogP contribution is 2.13. The molecule has 0 fully saturated rings. The third-order valence-electron chi connectivity index (χ3n) is 2.70. The lowest BCUT2D eigenvalue weighted by Crippen LogP contribution is -2.00. The van der Waals surface area contributed by atoms with Crippen LogP contribution in [-0.2, 0) is 6.54 Å². The fraction of sp³-hybridized carbons (Fsp3) is 0.143. The molecule has 0 aliphatic heterocycles. The van der Waals surface area contributed by atoms with Gasteiger partial charge in [-0.05, 0) is 36.8 Å². The number of nitrogens with zero attached hydrogens (tertiary/aromatic N) is 2. The van der Waals surface area contributed by atoms with Gasteiger partial charge in [-0.3, -0.25) is 4.79 Å². The number of Topliss-reactive ketones (excluding diaryl/α,β-unsaturated/α-hetero) is 1. The van der Waals surface area contributed by atoms with Gasteiger partial charge in [0.25, 0.3) is 0 Å². The molecule has 18 heavy (non-hydrogen) atoms. The van der Waals surface area contributed by atoms with Crippen LogP contribution in [0.3, 0.4) is 0 Å². The van der Waals surface area contributed by atoms with Crippen LogP contribution in [0.4, 0.5) is 4.39 Å². The summed E-state index contributed by atoms with van der Waals surface area (Å²) < 4.78 is 14.9. The van der Waals surface area contributed by atoms with E-state index < -0.39 is 0 Å². The molecule has 4 heteroatoms. The van der Waals surface area contributed by atoms with Crippen molar-refractivity contribution in [2.24, 2.45) is 0 Å². The predicted octanol–water partition coefficient (Wildman–Crippen LogP) is 2.75. The SMILES string of the molecule is CC(=O)c1ccn(Cc2cc(F)ccc2C#N)c1. The molecule has 2 rings (SSSR count). The van der Waals surface area contributed by atoms with Crippen molar-refractivity contribution in [3.8, 4) is 6.07 Å². The zero-order valence-corrected chi connectivity index (χ0v) is 9.85. The zero-order chi connectivity index (χ0) is 13.1. The van der Waals surface area contributed by atoms with Crippen LogP contribution >= 0.6 is 0 Å². The molecule has 1 heterocycles. The Hall–Kier alpha value is -2.41. The number of benzene rings is 1. The molecule has 0 amide bonds. The molecule has 0 saturated heterocycles. The van der Waals surface area contributed by atoms with Crippen molar-refractivity contribution in [2.45, 2.75) is 13.5 Å². The summed E-state index contributed by atoms with van der Waals surface area (Å²) >= 11 is 0. The van der Waals surface area contributed by atoms with E-state index in [0.29, 0.717) is 23.2 Å². The van der Waals surface area contributed by atoms with Crippen molar-refractivity contribution < 1.29 is 9.18 Å². The number of carbonyl (C=O) groups excluding carboxylic acids is 1. The Morgan fingerprint density at radius 2 is 2.22 bits per heavy atom. The minimum absolute atomic E-state index is 0.0199. The summed E-state index contributed by atoms with van der Waals surface area (Å²) in [5.41, 5.74) is 1.64. The highest BCUT2D eigenvalue weighted by atomic mass is 19.1. The van der Waals surface area contributed by atoms with Gasteiger partial charge in [0, 0.05) is 24.5 Å². The van der Waals surface area contributed by atoms with Gasteiger partial charge in [-0.25, -0.2) is 4.39 Å². The number of carbonyl (C=O) groups is 1. The van der Waals surface area contributed by atoms with Crippen molar-refractivity contribution in [2.75, 3.05) is 0 Å². The first kappa shape index (κ1) is 12.1. The second-order valence-electron chi connectivity index (χ2n) is 4.04. The standard InChI is InChI=1S/C14H11FN2O/c1-10(18)12-4-5-17(8-12)9-13-6-14(15)3-2-11(13)7-16/h2-6,8H,9H2,1H3. The smallest absolute Gasteiger partial charge is 0.161 e. The second kappa shape index (κ2) is 4.84. The molecular formula is C14H11FN2O. The van der Waals surface area contributed by atoms with Gasteiger partial charge < -0.3 is 4.57 Å². The maximum Gasteiger partial charge on any atom is 0.161 e. The summed E-state index contributed by atoms with van der Waals surface area (Å²) in [6.45, 7) is 1.86. The maximum atomic E-state index is 13.1. The molecule has 0 radical (unpaired) electrons. The van der Waals surface area contributed by atoms with Crippen LogP contribution in [0.5, 0.6) is 0 Å². The molecule has 90 valence electrons. The Balaban J connectivity index is 2.30. The summed E-state index contributed by atoms with van der Waals surface area (Å²) in [5, 5.41) is 8.94. The molecular weight excluding hydrogens is 231 g/mol. The second-order valence-corrected chi connectivity index (χ2v) is 4.04. The highest BCUT2D eigenvalue weighted by molar-refractivity contribution is 5.93. The topological polar surface area (TPSA) is 45.8 Å². The molecule has 1 aromatic heterocycles. The number of aromatic nitrogens is 1. The van der Waals surface area contributed by atoms with Crippen molar-refractivity contribution in [1.29, 1.82) is 5.26 Å². The first-order chi connectivity index (χ1) is 8.60. The summed E-state index contributed by atoms with van der Waals surface area (Å²) in [6.07, 6.45) is 3.43. The molecule has 2 aromatic rings. The zero-order valence-electron chi connectivity index (χ0n) is 9.85. The van der Waals surface area contributed by atoms with E-state index in [-0.39, 0.29) is 11.6 Å². The Kier molecular flexibility index (Phi) is 3.24. The number of nitriles is 1. The number of rotatable bonds is 3. The summed E-state index contributed by atoms with van der Waals surface area (Å²) in [6, 6.07) is 7.79. The van der Waals surface area contributed by atoms with Gasteiger partial charge in [0.1, 0.15) is 5.82 Å². The van der Waals surface area contributed by atoms with Crippen LogP contribution in [0, 0.1) is 17.1 Å². The molecule has 0 spiro atoms. The number of ketones is 1. The summed E-state index contributed by atoms with van der Waals surface area (Å²) in [5.74, 6) is -0.392. The van der Waals surface area contributed by atoms with Crippen LogP contribution < -0.4 is 0 Å². The molecule has 0 aliphatic carbocycles. The fourth-order valence-corrected chi connectivity index (χ4v) is 1.75. The molecule has 0 N–H and O–H groups in total. The lowest BCUT2D eigenvalue weighted by atomic mass is 10.1. The van der Waals surface area contributed by atoms with Gasteiger partial charge >= 0.3 is 0 Å². The normalized spacial score (nSPS) is 10.1. The maximum absolute atomic E-state index is 13.1. The molecule has 0 unspecified atom stereocenters. The number of hydrogen-bond donors (Lipinski definition) is 0. The number of halogens is 1. The van der Waals surface area contributed by atoms with Crippen LogP contribution in [-0.4, -0.2) is 10.4 Å². The predicted molar refractivity (Wildman–Crippen MR) is 64.7 cm³/mol. The van der Waals surface area contributed by atoms with E-state index in [2.05, 4.69) is 0 Å². The van der Waals surface area contributed by atoms with Gasteiger partial charge in [0.2, 0.25) is 0 Å². The monoisotopic (exact) mass is 242 g/mol. The van der Waals surface area contributed by atoms with Crippen LogP contribution in [0.15, 0.2) is 36.7 Å². The van der Waals surface area contributed by atoms with E-state index >= 15 is 0 Å².